The number of ether oxygens (including phenoxy) is 1. The molecule has 4 heterocycles. The third-order valence-corrected chi connectivity index (χ3v) is 6.33. The van der Waals surface area contributed by atoms with Crippen LogP contribution in [0, 0.1) is 0 Å². The first-order valence-electron chi connectivity index (χ1n) is 8.48. The Kier molecular flexibility index (Phi) is 5.11. The van der Waals surface area contributed by atoms with Crippen molar-refractivity contribution in [2.45, 2.75) is 18.6 Å². The summed E-state index contributed by atoms with van der Waals surface area (Å²) >= 11 is 3.28. The molecule has 0 aromatic carbocycles. The van der Waals surface area contributed by atoms with Gasteiger partial charge in [0.25, 0.3) is 5.91 Å². The highest BCUT2D eigenvalue weighted by Gasteiger charge is 2.34. The molecule has 4 rings (SSSR count). The van der Waals surface area contributed by atoms with Crippen molar-refractivity contribution in [3.63, 3.8) is 0 Å². The number of hydrogen-bond donors (Lipinski definition) is 0. The number of amides is 1. The van der Waals surface area contributed by atoms with E-state index in [1.54, 1.807) is 27.6 Å². The largest absolute Gasteiger partial charge is 0.468 e. The van der Waals surface area contributed by atoms with Gasteiger partial charge in [0, 0.05) is 28.6 Å². The summed E-state index contributed by atoms with van der Waals surface area (Å²) in [5.41, 5.74) is 1.45. The maximum absolute atomic E-state index is 13.1. The van der Waals surface area contributed by atoms with Crippen LogP contribution in [-0.2, 0) is 6.42 Å². The standard InChI is InChI=1S/C19H15F3N2O2S2/c20-19(21,22)11-26-16-4-3-12(10-23-16)18(25)24-7-5-14-13(6-9-28-14)17(24)15-2-1-8-27-15/h1-4,6,8-10,17H,5,7,11H2/t17-/m1/s1. The van der Waals surface area contributed by atoms with Crippen molar-refractivity contribution in [2.75, 3.05) is 13.2 Å². The van der Waals surface area contributed by atoms with Gasteiger partial charge in [0.1, 0.15) is 0 Å². The van der Waals surface area contributed by atoms with Crippen LogP contribution in [0.15, 0.2) is 47.3 Å². The van der Waals surface area contributed by atoms with Crippen LogP contribution in [0.1, 0.15) is 31.7 Å². The Bertz CT molecular complexity index is 952. The number of fused-ring (bicyclic) bond motifs is 1. The van der Waals surface area contributed by atoms with Crippen LogP contribution in [-0.4, -0.2) is 35.1 Å². The van der Waals surface area contributed by atoms with Crippen molar-refractivity contribution in [1.82, 2.24) is 9.88 Å². The van der Waals surface area contributed by atoms with E-state index in [1.165, 1.54) is 23.2 Å². The molecule has 4 nitrogen and oxygen atoms in total. The molecule has 3 aromatic rings. The monoisotopic (exact) mass is 424 g/mol. The van der Waals surface area contributed by atoms with Crippen LogP contribution in [0.4, 0.5) is 13.2 Å². The third-order valence-electron chi connectivity index (χ3n) is 4.41. The smallest absolute Gasteiger partial charge is 0.422 e. The highest BCUT2D eigenvalue weighted by atomic mass is 32.1. The van der Waals surface area contributed by atoms with Gasteiger partial charge in [0.2, 0.25) is 5.88 Å². The fourth-order valence-corrected chi connectivity index (χ4v) is 4.96. The van der Waals surface area contributed by atoms with Crippen LogP contribution in [0.5, 0.6) is 5.88 Å². The Labute approximate surface area is 167 Å². The molecule has 9 heteroatoms. The van der Waals surface area contributed by atoms with Crippen LogP contribution >= 0.6 is 22.7 Å². The zero-order valence-electron chi connectivity index (χ0n) is 14.5. The van der Waals surface area contributed by atoms with E-state index in [0.717, 1.165) is 16.9 Å². The van der Waals surface area contributed by atoms with E-state index in [9.17, 15) is 18.0 Å². The molecule has 28 heavy (non-hydrogen) atoms. The molecule has 0 bridgehead atoms. The van der Waals surface area contributed by atoms with Gasteiger partial charge >= 0.3 is 6.18 Å². The van der Waals surface area contributed by atoms with Crippen molar-refractivity contribution in [3.05, 3.63) is 68.2 Å². The van der Waals surface area contributed by atoms with Gasteiger partial charge in [-0.15, -0.1) is 22.7 Å². The minimum Gasteiger partial charge on any atom is -0.468 e. The van der Waals surface area contributed by atoms with Crippen molar-refractivity contribution < 1.29 is 22.7 Å². The van der Waals surface area contributed by atoms with Gasteiger partial charge in [-0.05, 0) is 40.9 Å². The average molecular weight is 424 g/mol. The maximum Gasteiger partial charge on any atom is 0.422 e. The molecule has 0 saturated heterocycles. The first-order chi connectivity index (χ1) is 13.4. The lowest BCUT2D eigenvalue weighted by Crippen LogP contribution is -2.39. The number of carbonyl (C=O) groups excluding carboxylic acids is 1. The van der Waals surface area contributed by atoms with Gasteiger partial charge in [-0.1, -0.05) is 6.07 Å². The first-order valence-corrected chi connectivity index (χ1v) is 10.2. The molecule has 1 amide bonds. The second-order valence-corrected chi connectivity index (χ2v) is 8.23. The minimum absolute atomic E-state index is 0.163. The number of alkyl halides is 3. The number of halogens is 3. The number of nitrogens with zero attached hydrogens (tertiary/aromatic N) is 2. The molecule has 0 fully saturated rings. The van der Waals surface area contributed by atoms with Crippen molar-refractivity contribution in [1.29, 1.82) is 0 Å². The number of hydrogen-bond acceptors (Lipinski definition) is 5. The second-order valence-electron chi connectivity index (χ2n) is 6.25. The van der Waals surface area contributed by atoms with Crippen molar-refractivity contribution >= 4 is 28.6 Å². The van der Waals surface area contributed by atoms with Crippen LogP contribution in [0.2, 0.25) is 0 Å². The summed E-state index contributed by atoms with van der Waals surface area (Å²) in [6.45, 7) is -0.845. The molecule has 0 saturated carbocycles. The topological polar surface area (TPSA) is 42.4 Å². The summed E-state index contributed by atoms with van der Waals surface area (Å²) in [5.74, 6) is -0.368. The predicted octanol–water partition coefficient (Wildman–Crippen LogP) is 4.93. The number of aromatic nitrogens is 1. The highest BCUT2D eigenvalue weighted by Crippen LogP contribution is 2.40. The molecule has 1 atom stereocenters. The lowest BCUT2D eigenvalue weighted by atomic mass is 9.97. The van der Waals surface area contributed by atoms with Crippen molar-refractivity contribution in [3.8, 4) is 5.88 Å². The van der Waals surface area contributed by atoms with Crippen LogP contribution < -0.4 is 4.74 Å². The summed E-state index contributed by atoms with van der Waals surface area (Å²) in [4.78, 5) is 21.1. The molecular formula is C19H15F3N2O2S2. The SMILES string of the molecule is O=C(c1ccc(OCC(F)(F)F)nc1)N1CCc2sccc2[C@@H]1c1cccs1. The Morgan fingerprint density at radius 2 is 2.07 bits per heavy atom. The molecule has 0 spiro atoms. The van der Waals surface area contributed by atoms with E-state index in [1.807, 2.05) is 22.9 Å². The first kappa shape index (κ1) is 18.9. The van der Waals surface area contributed by atoms with E-state index in [4.69, 9.17) is 0 Å². The normalized spacial score (nSPS) is 16.7. The van der Waals surface area contributed by atoms with Gasteiger partial charge in [0.05, 0.1) is 11.6 Å². The van der Waals surface area contributed by atoms with Gasteiger partial charge in [-0.25, -0.2) is 4.98 Å². The number of rotatable bonds is 4. The van der Waals surface area contributed by atoms with E-state index >= 15 is 0 Å². The van der Waals surface area contributed by atoms with E-state index < -0.39 is 12.8 Å². The Morgan fingerprint density at radius 1 is 1.21 bits per heavy atom. The third kappa shape index (κ3) is 3.90. The maximum atomic E-state index is 13.1. The molecule has 0 aliphatic carbocycles. The van der Waals surface area contributed by atoms with Crippen molar-refractivity contribution in [2.24, 2.45) is 0 Å². The predicted molar refractivity (Wildman–Crippen MR) is 101 cm³/mol. The highest BCUT2D eigenvalue weighted by molar-refractivity contribution is 7.10. The molecule has 1 aliphatic heterocycles. The zero-order valence-corrected chi connectivity index (χ0v) is 16.1. The number of pyridine rings is 1. The zero-order chi connectivity index (χ0) is 19.7. The molecule has 0 unspecified atom stereocenters. The summed E-state index contributed by atoms with van der Waals surface area (Å²) in [6, 6.07) is 8.60. The Balaban J connectivity index is 1.57. The number of carbonyl (C=O) groups is 1. The Hall–Kier alpha value is -2.39. The van der Waals surface area contributed by atoms with Gasteiger partial charge < -0.3 is 9.64 Å². The van der Waals surface area contributed by atoms with Gasteiger partial charge in [-0.3, -0.25) is 4.79 Å². The quantitative estimate of drug-likeness (QED) is 0.596. The number of thiophene rings is 2. The Morgan fingerprint density at radius 3 is 2.75 bits per heavy atom. The van der Waals surface area contributed by atoms with Gasteiger partial charge in [-0.2, -0.15) is 13.2 Å². The van der Waals surface area contributed by atoms with E-state index in [0.29, 0.717) is 12.1 Å². The summed E-state index contributed by atoms with van der Waals surface area (Å²) in [7, 11) is 0. The van der Waals surface area contributed by atoms with Crippen LogP contribution in [0.3, 0.4) is 0 Å². The summed E-state index contributed by atoms with van der Waals surface area (Å²) in [6.07, 6.45) is -2.39. The molecule has 0 radical (unpaired) electrons. The molecule has 0 N–H and O–H groups in total. The fourth-order valence-electron chi connectivity index (χ4n) is 3.20. The lowest BCUT2D eigenvalue weighted by Gasteiger charge is -2.35. The second kappa shape index (κ2) is 7.56. The molecule has 1 aliphatic rings. The van der Waals surface area contributed by atoms with E-state index in [2.05, 4.69) is 15.8 Å². The average Bonchev–Trinajstić information content (AvgIpc) is 3.36. The van der Waals surface area contributed by atoms with Gasteiger partial charge in [0.15, 0.2) is 6.61 Å². The summed E-state index contributed by atoms with van der Waals surface area (Å²) in [5, 5.41) is 4.01. The minimum atomic E-state index is -4.43. The molecular weight excluding hydrogens is 409 g/mol. The van der Waals surface area contributed by atoms with Crippen LogP contribution in [0.25, 0.3) is 0 Å². The van der Waals surface area contributed by atoms with E-state index in [-0.39, 0.29) is 17.8 Å². The molecule has 3 aromatic heterocycles. The fraction of sp³-hybridized carbons (Fsp3) is 0.263. The summed E-state index contributed by atoms with van der Waals surface area (Å²) < 4.78 is 41.4. The molecule has 146 valence electrons. The lowest BCUT2D eigenvalue weighted by molar-refractivity contribution is -0.154.